The van der Waals surface area contributed by atoms with Crippen molar-refractivity contribution in [3.8, 4) is 0 Å². The summed E-state index contributed by atoms with van der Waals surface area (Å²) in [6.45, 7) is 4.94. The highest BCUT2D eigenvalue weighted by Crippen LogP contribution is 2.20. The number of alkyl halides is 1. The van der Waals surface area contributed by atoms with Crippen LogP contribution in [0.25, 0.3) is 0 Å². The fraction of sp³-hybridized carbons (Fsp3) is 0.571. The molecular formula is C14H20ClFN2. The van der Waals surface area contributed by atoms with E-state index in [1.54, 1.807) is 6.07 Å². The molecule has 0 atom stereocenters. The third-order valence-electron chi connectivity index (χ3n) is 3.42. The first-order valence-corrected chi connectivity index (χ1v) is 7.12. The van der Waals surface area contributed by atoms with Crippen molar-refractivity contribution in [1.29, 1.82) is 0 Å². The zero-order chi connectivity index (χ0) is 12.8. The molecule has 1 aromatic rings. The van der Waals surface area contributed by atoms with Crippen LogP contribution >= 0.6 is 11.6 Å². The molecule has 4 heteroatoms. The Morgan fingerprint density at radius 2 is 1.78 bits per heavy atom. The van der Waals surface area contributed by atoms with Crippen molar-refractivity contribution in [2.24, 2.45) is 0 Å². The van der Waals surface area contributed by atoms with E-state index in [0.29, 0.717) is 0 Å². The number of para-hydroxylation sites is 1. The number of piperazine rings is 1. The van der Waals surface area contributed by atoms with E-state index in [-0.39, 0.29) is 5.82 Å². The molecule has 1 heterocycles. The molecule has 2 rings (SSSR count). The van der Waals surface area contributed by atoms with Crippen LogP contribution < -0.4 is 4.90 Å². The molecule has 0 spiro atoms. The van der Waals surface area contributed by atoms with Crippen LogP contribution in [0.2, 0.25) is 0 Å². The number of benzene rings is 1. The first kappa shape index (κ1) is 13.6. The van der Waals surface area contributed by atoms with E-state index in [2.05, 4.69) is 9.80 Å². The maximum Gasteiger partial charge on any atom is 0.146 e. The van der Waals surface area contributed by atoms with Gasteiger partial charge in [-0.25, -0.2) is 4.39 Å². The van der Waals surface area contributed by atoms with Crippen molar-refractivity contribution in [2.45, 2.75) is 12.8 Å². The lowest BCUT2D eigenvalue weighted by atomic mass is 10.2. The molecule has 1 aromatic carbocycles. The molecule has 0 radical (unpaired) electrons. The van der Waals surface area contributed by atoms with Crippen molar-refractivity contribution >= 4 is 17.3 Å². The average molecular weight is 271 g/mol. The maximum absolute atomic E-state index is 13.6. The van der Waals surface area contributed by atoms with Gasteiger partial charge in [0.25, 0.3) is 0 Å². The van der Waals surface area contributed by atoms with Crippen LogP contribution in [0, 0.1) is 5.82 Å². The monoisotopic (exact) mass is 270 g/mol. The van der Waals surface area contributed by atoms with Gasteiger partial charge in [0.1, 0.15) is 5.82 Å². The highest BCUT2D eigenvalue weighted by atomic mass is 35.5. The summed E-state index contributed by atoms with van der Waals surface area (Å²) in [4.78, 5) is 4.57. The lowest BCUT2D eigenvalue weighted by Crippen LogP contribution is -2.46. The predicted octanol–water partition coefficient (Wildman–Crippen LogP) is 2.97. The van der Waals surface area contributed by atoms with Crippen LogP contribution in [0.4, 0.5) is 10.1 Å². The lowest BCUT2D eigenvalue weighted by molar-refractivity contribution is 0.254. The summed E-state index contributed by atoms with van der Waals surface area (Å²) < 4.78 is 13.6. The van der Waals surface area contributed by atoms with E-state index in [9.17, 15) is 4.39 Å². The summed E-state index contributed by atoms with van der Waals surface area (Å²) in [7, 11) is 0. The summed E-state index contributed by atoms with van der Waals surface area (Å²) in [5, 5.41) is 0. The van der Waals surface area contributed by atoms with Crippen LogP contribution in [-0.2, 0) is 0 Å². The second kappa shape index (κ2) is 6.95. The van der Waals surface area contributed by atoms with E-state index in [0.717, 1.165) is 57.1 Å². The van der Waals surface area contributed by atoms with Crippen molar-refractivity contribution < 1.29 is 4.39 Å². The standard InChI is InChI=1S/C14H20ClFN2/c15-7-3-4-8-17-9-11-18(12-10-17)14-6-2-1-5-13(14)16/h1-2,5-6H,3-4,7-12H2. The molecule has 0 saturated carbocycles. The first-order valence-electron chi connectivity index (χ1n) is 6.59. The van der Waals surface area contributed by atoms with Crippen molar-refractivity contribution in [2.75, 3.05) is 43.5 Å². The van der Waals surface area contributed by atoms with Gasteiger partial charge in [0.2, 0.25) is 0 Å². The molecule has 0 bridgehead atoms. The zero-order valence-electron chi connectivity index (χ0n) is 10.6. The van der Waals surface area contributed by atoms with Crippen LogP contribution in [0.15, 0.2) is 24.3 Å². The predicted molar refractivity (Wildman–Crippen MR) is 75.0 cm³/mol. The maximum atomic E-state index is 13.6. The van der Waals surface area contributed by atoms with Gasteiger partial charge in [0.05, 0.1) is 5.69 Å². The Morgan fingerprint density at radius 3 is 2.44 bits per heavy atom. The molecule has 18 heavy (non-hydrogen) atoms. The largest absolute Gasteiger partial charge is 0.367 e. The Balaban J connectivity index is 1.81. The normalized spacial score (nSPS) is 17.1. The number of hydrogen-bond acceptors (Lipinski definition) is 2. The smallest absolute Gasteiger partial charge is 0.146 e. The number of halogens is 2. The number of hydrogen-bond donors (Lipinski definition) is 0. The van der Waals surface area contributed by atoms with Gasteiger partial charge in [-0.3, -0.25) is 4.90 Å². The molecule has 0 unspecified atom stereocenters. The number of nitrogens with zero attached hydrogens (tertiary/aromatic N) is 2. The molecule has 0 N–H and O–H groups in total. The summed E-state index contributed by atoms with van der Waals surface area (Å²) in [5.74, 6) is 0.628. The fourth-order valence-corrected chi connectivity index (χ4v) is 2.54. The molecular weight excluding hydrogens is 251 g/mol. The second-order valence-electron chi connectivity index (χ2n) is 4.68. The number of rotatable bonds is 5. The van der Waals surface area contributed by atoms with Crippen LogP contribution in [0.5, 0.6) is 0 Å². The van der Waals surface area contributed by atoms with Gasteiger partial charge in [-0.05, 0) is 31.5 Å². The van der Waals surface area contributed by atoms with Gasteiger partial charge in [0.15, 0.2) is 0 Å². The summed E-state index contributed by atoms with van der Waals surface area (Å²) in [5.41, 5.74) is 0.734. The molecule has 1 aliphatic rings. The Morgan fingerprint density at radius 1 is 1.06 bits per heavy atom. The Bertz CT molecular complexity index is 365. The molecule has 2 nitrogen and oxygen atoms in total. The average Bonchev–Trinajstić information content (AvgIpc) is 2.41. The Labute approximate surface area is 113 Å². The third kappa shape index (κ3) is 3.59. The van der Waals surface area contributed by atoms with E-state index in [1.807, 2.05) is 12.1 Å². The zero-order valence-corrected chi connectivity index (χ0v) is 11.4. The van der Waals surface area contributed by atoms with Gasteiger partial charge in [-0.1, -0.05) is 12.1 Å². The fourth-order valence-electron chi connectivity index (χ4n) is 2.35. The van der Waals surface area contributed by atoms with E-state index in [4.69, 9.17) is 11.6 Å². The third-order valence-corrected chi connectivity index (χ3v) is 3.69. The quantitative estimate of drug-likeness (QED) is 0.600. The van der Waals surface area contributed by atoms with Crippen LogP contribution in [0.1, 0.15) is 12.8 Å². The van der Waals surface area contributed by atoms with Crippen molar-refractivity contribution in [1.82, 2.24) is 4.90 Å². The minimum Gasteiger partial charge on any atom is -0.367 e. The van der Waals surface area contributed by atoms with E-state index >= 15 is 0 Å². The van der Waals surface area contributed by atoms with Gasteiger partial charge in [0, 0.05) is 32.1 Å². The SMILES string of the molecule is Fc1ccccc1N1CCN(CCCCCl)CC1. The van der Waals surface area contributed by atoms with Crippen molar-refractivity contribution in [3.63, 3.8) is 0 Å². The van der Waals surface area contributed by atoms with Crippen LogP contribution in [0.3, 0.4) is 0 Å². The molecule has 0 aromatic heterocycles. The second-order valence-corrected chi connectivity index (χ2v) is 5.05. The Hall–Kier alpha value is -0.800. The lowest BCUT2D eigenvalue weighted by Gasteiger charge is -2.36. The van der Waals surface area contributed by atoms with Gasteiger partial charge in [-0.15, -0.1) is 11.6 Å². The van der Waals surface area contributed by atoms with Gasteiger partial charge < -0.3 is 4.90 Å². The van der Waals surface area contributed by atoms with Crippen molar-refractivity contribution in [3.05, 3.63) is 30.1 Å². The first-order chi connectivity index (χ1) is 8.81. The molecule has 1 fully saturated rings. The van der Waals surface area contributed by atoms with E-state index in [1.165, 1.54) is 6.07 Å². The summed E-state index contributed by atoms with van der Waals surface area (Å²) in [6, 6.07) is 7.02. The molecule has 100 valence electrons. The molecule has 1 saturated heterocycles. The minimum atomic E-state index is -0.118. The van der Waals surface area contributed by atoms with E-state index < -0.39 is 0 Å². The highest BCUT2D eigenvalue weighted by molar-refractivity contribution is 6.17. The number of anilines is 1. The summed E-state index contributed by atoms with van der Waals surface area (Å²) in [6.07, 6.45) is 2.23. The highest BCUT2D eigenvalue weighted by Gasteiger charge is 2.18. The molecule has 1 aliphatic heterocycles. The van der Waals surface area contributed by atoms with Gasteiger partial charge >= 0.3 is 0 Å². The molecule has 0 amide bonds. The van der Waals surface area contributed by atoms with Crippen LogP contribution in [-0.4, -0.2) is 43.5 Å². The minimum absolute atomic E-state index is 0.118. The number of unbranched alkanes of at least 4 members (excludes halogenated alkanes) is 1. The summed E-state index contributed by atoms with van der Waals surface area (Å²) >= 11 is 5.67. The Kier molecular flexibility index (Phi) is 5.26. The molecule has 0 aliphatic carbocycles. The topological polar surface area (TPSA) is 6.48 Å². The van der Waals surface area contributed by atoms with Gasteiger partial charge in [-0.2, -0.15) is 0 Å².